The van der Waals surface area contributed by atoms with Crippen molar-refractivity contribution in [1.82, 2.24) is 0 Å². The van der Waals surface area contributed by atoms with Crippen molar-refractivity contribution in [2.24, 2.45) is 0 Å². The molecular formula is C15H26O9. The van der Waals surface area contributed by atoms with E-state index in [1.54, 1.807) is 0 Å². The van der Waals surface area contributed by atoms with E-state index in [9.17, 15) is 14.4 Å². The predicted molar refractivity (Wildman–Crippen MR) is 80.7 cm³/mol. The van der Waals surface area contributed by atoms with Crippen molar-refractivity contribution in [2.45, 2.75) is 64.4 Å². The van der Waals surface area contributed by atoms with Crippen molar-refractivity contribution in [3.63, 3.8) is 0 Å². The van der Waals surface area contributed by atoms with E-state index >= 15 is 0 Å². The molecule has 0 aromatic carbocycles. The number of unbranched alkanes of at least 4 members (excludes halogenated alkanes) is 1. The van der Waals surface area contributed by atoms with Crippen molar-refractivity contribution < 1.29 is 43.9 Å². The molecule has 4 unspecified atom stereocenters. The zero-order valence-electron chi connectivity index (χ0n) is 14.1. The fourth-order valence-corrected chi connectivity index (χ4v) is 1.50. The Kier molecular flexibility index (Phi) is 10.9. The second kappa shape index (κ2) is 11.8. The summed E-state index contributed by atoms with van der Waals surface area (Å²) in [4.78, 5) is 33.7. The fourth-order valence-electron chi connectivity index (χ4n) is 1.50. The van der Waals surface area contributed by atoms with Crippen LogP contribution in [-0.2, 0) is 28.6 Å². The standard InChI is InChI=1S/C15H26O9/c1-9(16)13(19)22-7-5-4-6-12(24-15(21)11(3)18)8-23-14(20)10(2)17/h9-12,16-18H,4-8H2,1-3H3. The first-order chi connectivity index (χ1) is 11.1. The minimum atomic E-state index is -1.31. The summed E-state index contributed by atoms with van der Waals surface area (Å²) in [5.41, 5.74) is 0. The van der Waals surface area contributed by atoms with Crippen LogP contribution in [0.5, 0.6) is 0 Å². The maximum atomic E-state index is 11.4. The summed E-state index contributed by atoms with van der Waals surface area (Å²) in [5.74, 6) is -2.43. The van der Waals surface area contributed by atoms with Crippen molar-refractivity contribution in [3.05, 3.63) is 0 Å². The van der Waals surface area contributed by atoms with Gasteiger partial charge in [-0.1, -0.05) is 0 Å². The number of hydrogen-bond donors (Lipinski definition) is 3. The molecular weight excluding hydrogens is 324 g/mol. The Labute approximate surface area is 140 Å². The average Bonchev–Trinajstić information content (AvgIpc) is 2.50. The van der Waals surface area contributed by atoms with Gasteiger partial charge in [-0.05, 0) is 40.0 Å². The fraction of sp³-hybridized carbons (Fsp3) is 0.800. The van der Waals surface area contributed by atoms with Crippen LogP contribution in [0.25, 0.3) is 0 Å². The number of aliphatic hydroxyl groups is 3. The Morgan fingerprint density at radius 3 is 1.79 bits per heavy atom. The van der Waals surface area contributed by atoms with E-state index in [1.807, 2.05) is 0 Å². The van der Waals surface area contributed by atoms with Crippen LogP contribution in [0, 0.1) is 0 Å². The maximum absolute atomic E-state index is 11.4. The molecule has 0 fully saturated rings. The largest absolute Gasteiger partial charge is 0.464 e. The Morgan fingerprint density at radius 1 is 0.792 bits per heavy atom. The van der Waals surface area contributed by atoms with E-state index < -0.39 is 42.3 Å². The van der Waals surface area contributed by atoms with Crippen LogP contribution in [0.2, 0.25) is 0 Å². The highest BCUT2D eigenvalue weighted by Gasteiger charge is 2.21. The summed E-state index contributed by atoms with van der Waals surface area (Å²) in [6, 6.07) is 0. The summed E-state index contributed by atoms with van der Waals surface area (Å²) >= 11 is 0. The predicted octanol–water partition coefficient (Wildman–Crippen LogP) is -0.703. The lowest BCUT2D eigenvalue weighted by atomic mass is 10.1. The molecule has 0 aromatic heterocycles. The van der Waals surface area contributed by atoms with Gasteiger partial charge in [0.2, 0.25) is 0 Å². The van der Waals surface area contributed by atoms with Gasteiger partial charge in [0.05, 0.1) is 6.61 Å². The highest BCUT2D eigenvalue weighted by Crippen LogP contribution is 2.09. The Morgan fingerprint density at radius 2 is 1.29 bits per heavy atom. The molecule has 9 heteroatoms. The van der Waals surface area contributed by atoms with Gasteiger partial charge in [-0.2, -0.15) is 0 Å². The summed E-state index contributed by atoms with van der Waals surface area (Å²) in [6.07, 6.45) is -3.35. The number of ether oxygens (including phenoxy) is 3. The second-order valence-corrected chi connectivity index (χ2v) is 5.38. The zero-order chi connectivity index (χ0) is 18.7. The van der Waals surface area contributed by atoms with E-state index in [0.29, 0.717) is 19.3 Å². The molecule has 4 atom stereocenters. The van der Waals surface area contributed by atoms with Gasteiger partial charge >= 0.3 is 17.9 Å². The van der Waals surface area contributed by atoms with Crippen LogP contribution in [0.1, 0.15) is 40.0 Å². The van der Waals surface area contributed by atoms with Crippen molar-refractivity contribution in [1.29, 1.82) is 0 Å². The van der Waals surface area contributed by atoms with Crippen LogP contribution < -0.4 is 0 Å². The first-order valence-corrected chi connectivity index (χ1v) is 7.73. The third-order valence-electron chi connectivity index (χ3n) is 2.88. The molecule has 0 radical (unpaired) electrons. The van der Waals surface area contributed by atoms with Crippen molar-refractivity contribution in [3.8, 4) is 0 Å². The van der Waals surface area contributed by atoms with Gasteiger partial charge in [0.25, 0.3) is 0 Å². The molecule has 0 aromatic rings. The van der Waals surface area contributed by atoms with E-state index in [0.717, 1.165) is 0 Å². The van der Waals surface area contributed by atoms with Gasteiger partial charge in [-0.25, -0.2) is 14.4 Å². The molecule has 0 aliphatic rings. The van der Waals surface area contributed by atoms with E-state index in [4.69, 9.17) is 29.5 Å². The Hall–Kier alpha value is -1.71. The number of aliphatic hydroxyl groups excluding tert-OH is 3. The molecule has 0 saturated heterocycles. The van der Waals surface area contributed by atoms with Crippen molar-refractivity contribution >= 4 is 17.9 Å². The van der Waals surface area contributed by atoms with E-state index in [-0.39, 0.29) is 13.2 Å². The number of esters is 3. The van der Waals surface area contributed by atoms with Crippen LogP contribution >= 0.6 is 0 Å². The molecule has 0 aliphatic heterocycles. The molecule has 0 bridgehead atoms. The molecule has 24 heavy (non-hydrogen) atoms. The normalized spacial score (nSPS) is 15.8. The molecule has 140 valence electrons. The van der Waals surface area contributed by atoms with Gasteiger partial charge in [0.1, 0.15) is 31.0 Å². The smallest absolute Gasteiger partial charge is 0.335 e. The van der Waals surface area contributed by atoms with Crippen LogP contribution in [0.4, 0.5) is 0 Å². The summed E-state index contributed by atoms with van der Waals surface area (Å²) in [5, 5.41) is 27.2. The molecule has 3 N–H and O–H groups in total. The van der Waals surface area contributed by atoms with Gasteiger partial charge in [-0.3, -0.25) is 0 Å². The summed E-state index contributed by atoms with van der Waals surface area (Å²) in [7, 11) is 0. The number of carbonyl (C=O) groups is 3. The summed E-state index contributed by atoms with van der Waals surface area (Å²) in [6.45, 7) is 3.63. The second-order valence-electron chi connectivity index (χ2n) is 5.38. The SMILES string of the molecule is CC(O)C(=O)OCCCCC(COC(=O)C(C)O)OC(=O)C(C)O. The third kappa shape index (κ3) is 10.1. The first-order valence-electron chi connectivity index (χ1n) is 7.73. The van der Waals surface area contributed by atoms with Crippen LogP contribution in [0.15, 0.2) is 0 Å². The average molecular weight is 350 g/mol. The number of rotatable bonds is 11. The lowest BCUT2D eigenvalue weighted by Gasteiger charge is -2.19. The molecule has 9 nitrogen and oxygen atoms in total. The topological polar surface area (TPSA) is 140 Å². The zero-order valence-corrected chi connectivity index (χ0v) is 14.1. The van der Waals surface area contributed by atoms with Gasteiger partial charge < -0.3 is 29.5 Å². The molecule has 0 spiro atoms. The lowest BCUT2D eigenvalue weighted by Crippen LogP contribution is -2.31. The van der Waals surface area contributed by atoms with Gasteiger partial charge in [0.15, 0.2) is 0 Å². The van der Waals surface area contributed by atoms with Gasteiger partial charge in [-0.15, -0.1) is 0 Å². The minimum absolute atomic E-state index is 0.0915. The summed E-state index contributed by atoms with van der Waals surface area (Å²) < 4.78 is 14.6. The third-order valence-corrected chi connectivity index (χ3v) is 2.88. The van der Waals surface area contributed by atoms with Crippen molar-refractivity contribution in [2.75, 3.05) is 13.2 Å². The quantitative estimate of drug-likeness (QED) is 0.250. The lowest BCUT2D eigenvalue weighted by molar-refractivity contribution is -0.168. The Balaban J connectivity index is 4.26. The maximum Gasteiger partial charge on any atom is 0.335 e. The highest BCUT2D eigenvalue weighted by atomic mass is 16.6. The first kappa shape index (κ1) is 22.3. The highest BCUT2D eigenvalue weighted by molar-refractivity contribution is 5.75. The minimum Gasteiger partial charge on any atom is -0.464 e. The van der Waals surface area contributed by atoms with Crippen LogP contribution in [-0.4, -0.2) is 70.9 Å². The van der Waals surface area contributed by atoms with Crippen LogP contribution in [0.3, 0.4) is 0 Å². The molecule has 0 heterocycles. The number of carbonyl (C=O) groups excluding carboxylic acids is 3. The Bertz CT molecular complexity index is 404. The van der Waals surface area contributed by atoms with E-state index in [1.165, 1.54) is 20.8 Å². The van der Waals surface area contributed by atoms with Gasteiger partial charge in [0, 0.05) is 0 Å². The molecule has 0 aliphatic carbocycles. The molecule has 0 rings (SSSR count). The molecule has 0 saturated carbocycles. The van der Waals surface area contributed by atoms with E-state index in [2.05, 4.69) is 0 Å². The number of hydrogen-bond acceptors (Lipinski definition) is 9. The molecule has 0 amide bonds. The monoisotopic (exact) mass is 350 g/mol.